The Kier molecular flexibility index (Phi) is 4.56. The Labute approximate surface area is 154 Å². The Hall–Kier alpha value is -2.34. The minimum atomic E-state index is -3.40. The van der Waals surface area contributed by atoms with Crippen LogP contribution in [0, 0.1) is 6.92 Å². The molecule has 0 aromatic heterocycles. The number of fused-ring (bicyclic) bond motifs is 1. The Bertz CT molecular complexity index is 965. The molecule has 0 fully saturated rings. The summed E-state index contributed by atoms with van der Waals surface area (Å²) in [6.45, 7) is 6.15. The van der Waals surface area contributed by atoms with Crippen LogP contribution < -0.4 is 10.0 Å². The molecule has 138 valence electrons. The van der Waals surface area contributed by atoms with E-state index in [-0.39, 0.29) is 17.4 Å². The van der Waals surface area contributed by atoms with Gasteiger partial charge in [0.25, 0.3) is 5.91 Å². The Morgan fingerprint density at radius 2 is 1.85 bits per heavy atom. The maximum atomic E-state index is 12.8. The zero-order valence-electron chi connectivity index (χ0n) is 15.5. The van der Waals surface area contributed by atoms with E-state index in [1.54, 1.807) is 25.1 Å². The summed E-state index contributed by atoms with van der Waals surface area (Å²) in [5.74, 6) is -0.209. The zero-order chi connectivity index (χ0) is 19.1. The molecule has 26 heavy (non-hydrogen) atoms. The van der Waals surface area contributed by atoms with Crippen molar-refractivity contribution in [2.75, 3.05) is 11.0 Å². The van der Waals surface area contributed by atoms with Gasteiger partial charge in [-0.1, -0.05) is 44.2 Å². The molecule has 0 spiro atoms. The molecule has 1 unspecified atom stereocenters. The number of aryl methyl sites for hydroxylation is 1. The number of anilines is 1. The lowest BCUT2D eigenvalue weighted by atomic mass is 9.86. The van der Waals surface area contributed by atoms with Crippen LogP contribution in [0.1, 0.15) is 53.4 Å². The lowest BCUT2D eigenvalue weighted by molar-refractivity contribution is 0.0934. The van der Waals surface area contributed by atoms with Crippen LogP contribution in [0.3, 0.4) is 0 Å². The minimum absolute atomic E-state index is 0.00478. The van der Waals surface area contributed by atoms with Crippen molar-refractivity contribution in [2.45, 2.75) is 38.6 Å². The Balaban J connectivity index is 1.85. The van der Waals surface area contributed by atoms with E-state index in [0.29, 0.717) is 11.3 Å². The maximum absolute atomic E-state index is 12.8. The monoisotopic (exact) mass is 372 g/mol. The molecule has 6 heteroatoms. The molecule has 1 amide bonds. The number of nitrogens with one attached hydrogen (secondary N) is 2. The van der Waals surface area contributed by atoms with Crippen LogP contribution >= 0.6 is 0 Å². The normalized spacial score (nSPS) is 18.2. The third-order valence-electron chi connectivity index (χ3n) is 4.88. The first-order chi connectivity index (χ1) is 12.1. The molecule has 0 saturated heterocycles. The molecular formula is C20H24N2O3S. The average molecular weight is 372 g/mol. The van der Waals surface area contributed by atoms with Gasteiger partial charge < -0.3 is 5.32 Å². The van der Waals surface area contributed by atoms with Gasteiger partial charge in [0.1, 0.15) is 0 Å². The van der Waals surface area contributed by atoms with Crippen molar-refractivity contribution in [2.24, 2.45) is 0 Å². The maximum Gasteiger partial charge on any atom is 0.251 e. The second kappa shape index (κ2) is 6.43. The number of sulfonamides is 1. The largest absolute Gasteiger partial charge is 0.345 e. The van der Waals surface area contributed by atoms with Gasteiger partial charge in [0, 0.05) is 5.56 Å². The molecule has 1 atom stereocenters. The van der Waals surface area contributed by atoms with Gasteiger partial charge in [-0.3, -0.25) is 9.52 Å². The first kappa shape index (κ1) is 18.5. The highest BCUT2D eigenvalue weighted by molar-refractivity contribution is 7.92. The first-order valence-corrected chi connectivity index (χ1v) is 10.4. The van der Waals surface area contributed by atoms with Gasteiger partial charge >= 0.3 is 0 Å². The quantitative estimate of drug-likeness (QED) is 0.862. The predicted octanol–water partition coefficient (Wildman–Crippen LogP) is 3.52. The molecule has 2 aromatic rings. The van der Waals surface area contributed by atoms with Gasteiger partial charge in [-0.15, -0.1) is 0 Å². The van der Waals surface area contributed by atoms with Crippen molar-refractivity contribution in [1.29, 1.82) is 0 Å². The first-order valence-electron chi connectivity index (χ1n) is 8.55. The number of carbonyl (C=O) groups is 1. The second-order valence-corrected chi connectivity index (χ2v) is 9.35. The summed E-state index contributed by atoms with van der Waals surface area (Å²) in [5, 5.41) is 3.10. The van der Waals surface area contributed by atoms with Crippen LogP contribution in [0.25, 0.3) is 0 Å². The van der Waals surface area contributed by atoms with E-state index in [1.807, 2.05) is 12.1 Å². The molecular weight excluding hydrogens is 348 g/mol. The van der Waals surface area contributed by atoms with Gasteiger partial charge in [-0.25, -0.2) is 8.42 Å². The van der Waals surface area contributed by atoms with Crippen molar-refractivity contribution >= 4 is 21.6 Å². The van der Waals surface area contributed by atoms with E-state index in [1.165, 1.54) is 5.56 Å². The van der Waals surface area contributed by atoms with Crippen LogP contribution in [0.2, 0.25) is 0 Å². The molecule has 0 heterocycles. The number of hydrogen-bond acceptors (Lipinski definition) is 3. The number of carbonyl (C=O) groups excluding carboxylic acids is 1. The van der Waals surface area contributed by atoms with E-state index in [2.05, 4.69) is 36.0 Å². The van der Waals surface area contributed by atoms with Crippen LogP contribution in [0.5, 0.6) is 0 Å². The molecule has 5 nitrogen and oxygen atoms in total. The molecule has 1 aliphatic carbocycles. The second-order valence-electron chi connectivity index (χ2n) is 7.61. The zero-order valence-corrected chi connectivity index (χ0v) is 16.3. The van der Waals surface area contributed by atoms with Crippen molar-refractivity contribution < 1.29 is 13.2 Å². The van der Waals surface area contributed by atoms with Crippen molar-refractivity contribution in [1.82, 2.24) is 5.32 Å². The van der Waals surface area contributed by atoms with Gasteiger partial charge in [0.05, 0.1) is 18.0 Å². The fourth-order valence-electron chi connectivity index (χ4n) is 3.59. The molecule has 0 radical (unpaired) electrons. The summed E-state index contributed by atoms with van der Waals surface area (Å²) in [7, 11) is -3.40. The average Bonchev–Trinajstić information content (AvgIpc) is 2.79. The SMILES string of the molecule is Cc1ccc(C(=O)NC2CC(C)(C)c3ccccc32)cc1NS(C)(=O)=O. The summed E-state index contributed by atoms with van der Waals surface area (Å²) in [6, 6.07) is 13.2. The van der Waals surface area contributed by atoms with Crippen molar-refractivity contribution in [3.05, 3.63) is 64.7 Å². The third kappa shape index (κ3) is 3.75. The van der Waals surface area contributed by atoms with Crippen molar-refractivity contribution in [3.63, 3.8) is 0 Å². The van der Waals surface area contributed by atoms with Gasteiger partial charge in [-0.2, -0.15) is 0 Å². The number of rotatable bonds is 4. The predicted molar refractivity (Wildman–Crippen MR) is 104 cm³/mol. The molecule has 2 N–H and O–H groups in total. The summed E-state index contributed by atoms with van der Waals surface area (Å²) in [6.07, 6.45) is 1.93. The number of benzene rings is 2. The summed E-state index contributed by atoms with van der Waals surface area (Å²) in [4.78, 5) is 12.8. The van der Waals surface area contributed by atoms with E-state index < -0.39 is 10.0 Å². The molecule has 3 rings (SSSR count). The minimum Gasteiger partial charge on any atom is -0.345 e. The van der Waals surface area contributed by atoms with Crippen LogP contribution in [-0.4, -0.2) is 20.6 Å². The molecule has 0 saturated carbocycles. The van der Waals surface area contributed by atoms with Crippen molar-refractivity contribution in [3.8, 4) is 0 Å². The summed E-state index contributed by atoms with van der Waals surface area (Å²) >= 11 is 0. The lowest BCUT2D eigenvalue weighted by Crippen LogP contribution is -2.28. The lowest BCUT2D eigenvalue weighted by Gasteiger charge is -2.19. The molecule has 0 bridgehead atoms. The topological polar surface area (TPSA) is 75.3 Å². The highest BCUT2D eigenvalue weighted by Crippen LogP contribution is 2.44. The highest BCUT2D eigenvalue weighted by atomic mass is 32.2. The molecule has 2 aromatic carbocycles. The smallest absolute Gasteiger partial charge is 0.251 e. The van der Waals surface area contributed by atoms with Gasteiger partial charge in [0.2, 0.25) is 10.0 Å². The van der Waals surface area contributed by atoms with Crippen LogP contribution in [0.4, 0.5) is 5.69 Å². The van der Waals surface area contributed by atoms with E-state index in [9.17, 15) is 13.2 Å². The van der Waals surface area contributed by atoms with Gasteiger partial charge in [-0.05, 0) is 47.6 Å². The summed E-state index contributed by atoms with van der Waals surface area (Å²) < 4.78 is 25.5. The van der Waals surface area contributed by atoms with E-state index in [0.717, 1.165) is 23.8 Å². The molecule has 0 aliphatic heterocycles. The Morgan fingerprint density at radius 1 is 1.15 bits per heavy atom. The number of amides is 1. The standard InChI is InChI=1S/C20H24N2O3S/c1-13-9-10-14(11-17(13)22-26(4,24)25)19(23)21-18-12-20(2,3)16-8-6-5-7-15(16)18/h5-11,18,22H,12H2,1-4H3,(H,21,23). The Morgan fingerprint density at radius 3 is 2.54 bits per heavy atom. The van der Waals surface area contributed by atoms with E-state index >= 15 is 0 Å². The van der Waals surface area contributed by atoms with Crippen LogP contribution in [-0.2, 0) is 15.4 Å². The van der Waals surface area contributed by atoms with E-state index in [4.69, 9.17) is 0 Å². The van der Waals surface area contributed by atoms with Crippen LogP contribution in [0.15, 0.2) is 42.5 Å². The van der Waals surface area contributed by atoms with Gasteiger partial charge in [0.15, 0.2) is 0 Å². The summed E-state index contributed by atoms with van der Waals surface area (Å²) in [5.41, 5.74) is 4.03. The highest BCUT2D eigenvalue weighted by Gasteiger charge is 2.37. The third-order valence-corrected chi connectivity index (χ3v) is 5.47. The number of hydrogen-bond donors (Lipinski definition) is 2. The molecule has 1 aliphatic rings. The fraction of sp³-hybridized carbons (Fsp3) is 0.350. The fourth-order valence-corrected chi connectivity index (χ4v) is 4.21.